The van der Waals surface area contributed by atoms with E-state index in [0.29, 0.717) is 11.7 Å². The largest absolute Gasteiger partial charge is 0.389 e. The first kappa shape index (κ1) is 14.8. The molecule has 4 heteroatoms. The van der Waals surface area contributed by atoms with E-state index in [2.05, 4.69) is 41.1 Å². The quantitative estimate of drug-likeness (QED) is 0.862. The number of pyridine rings is 1. The van der Waals surface area contributed by atoms with Crippen LogP contribution in [0.25, 0.3) is 10.9 Å². The zero-order valence-electron chi connectivity index (χ0n) is 12.6. The smallest absolute Gasteiger partial charge is 0.134 e. The van der Waals surface area contributed by atoms with Gasteiger partial charge < -0.3 is 5.11 Å². The number of hydrogen-bond donors (Lipinski definition) is 1. The molecule has 0 radical (unpaired) electrons. The molecule has 1 aromatic carbocycles. The van der Waals surface area contributed by atoms with Gasteiger partial charge in [0.25, 0.3) is 0 Å². The zero-order valence-corrected chi connectivity index (χ0v) is 13.3. The van der Waals surface area contributed by atoms with Crippen molar-refractivity contribution in [2.45, 2.75) is 38.8 Å². The summed E-state index contributed by atoms with van der Waals surface area (Å²) in [5.74, 6) is 0. The van der Waals surface area contributed by atoms with E-state index in [9.17, 15) is 5.11 Å². The topological polar surface area (TPSA) is 36.4 Å². The summed E-state index contributed by atoms with van der Waals surface area (Å²) in [7, 11) is 0. The summed E-state index contributed by atoms with van der Waals surface area (Å²) in [5.41, 5.74) is 2.57. The maximum absolute atomic E-state index is 10.2. The van der Waals surface area contributed by atoms with Crippen molar-refractivity contribution in [3.8, 4) is 0 Å². The Bertz CT molecular complexity index is 669. The van der Waals surface area contributed by atoms with Gasteiger partial charge in [-0.2, -0.15) is 0 Å². The third kappa shape index (κ3) is 3.37. The Hall–Kier alpha value is -1.16. The number of fused-ring (bicyclic) bond motifs is 1. The lowest BCUT2D eigenvalue weighted by Crippen LogP contribution is -2.45. The maximum atomic E-state index is 10.2. The van der Waals surface area contributed by atoms with Gasteiger partial charge in [0.1, 0.15) is 5.15 Å². The first-order valence-corrected chi connectivity index (χ1v) is 7.81. The lowest BCUT2D eigenvalue weighted by atomic mass is 9.95. The molecular weight excluding hydrogens is 284 g/mol. The molecule has 2 aromatic rings. The Balaban J connectivity index is 1.86. The lowest BCUT2D eigenvalue weighted by molar-refractivity contribution is -0.0181. The van der Waals surface area contributed by atoms with Crippen molar-refractivity contribution in [2.24, 2.45) is 0 Å². The maximum Gasteiger partial charge on any atom is 0.134 e. The number of aliphatic hydroxyl groups is 1. The standard InChI is InChI=1S/C17H21ClN2O/c1-12-4-5-13-9-14(16(18)19-15(13)8-12)10-20-7-3-6-17(2,21)11-20/h4-5,8-9,21H,3,6-7,10-11H2,1-2H3. The minimum Gasteiger partial charge on any atom is -0.389 e. The predicted octanol–water partition coefficient (Wildman–Crippen LogP) is 3.54. The van der Waals surface area contributed by atoms with Crippen LogP contribution in [0.15, 0.2) is 24.3 Å². The second-order valence-electron chi connectivity index (χ2n) is 6.45. The molecule has 0 bridgehead atoms. The highest BCUT2D eigenvalue weighted by molar-refractivity contribution is 6.30. The molecule has 0 aliphatic carbocycles. The van der Waals surface area contributed by atoms with Gasteiger partial charge in [-0.3, -0.25) is 4.90 Å². The van der Waals surface area contributed by atoms with Gasteiger partial charge in [0, 0.05) is 24.0 Å². The zero-order chi connectivity index (χ0) is 15.0. The second kappa shape index (κ2) is 5.56. The lowest BCUT2D eigenvalue weighted by Gasteiger charge is -2.36. The van der Waals surface area contributed by atoms with Crippen LogP contribution in [0.3, 0.4) is 0 Å². The first-order chi connectivity index (χ1) is 9.93. The van der Waals surface area contributed by atoms with E-state index in [-0.39, 0.29) is 0 Å². The Labute approximate surface area is 130 Å². The predicted molar refractivity (Wildman–Crippen MR) is 86.6 cm³/mol. The number of likely N-dealkylation sites (tertiary alicyclic amines) is 1. The van der Waals surface area contributed by atoms with Crippen molar-refractivity contribution < 1.29 is 5.11 Å². The molecule has 1 unspecified atom stereocenters. The number of halogens is 1. The number of rotatable bonds is 2. The average Bonchev–Trinajstić information content (AvgIpc) is 2.39. The van der Waals surface area contributed by atoms with Crippen LogP contribution in [0.5, 0.6) is 0 Å². The molecule has 1 aliphatic heterocycles. The molecule has 0 amide bonds. The average molecular weight is 305 g/mol. The van der Waals surface area contributed by atoms with Crippen molar-refractivity contribution in [2.75, 3.05) is 13.1 Å². The summed E-state index contributed by atoms with van der Waals surface area (Å²) >= 11 is 6.35. The number of aromatic nitrogens is 1. The molecule has 2 heterocycles. The summed E-state index contributed by atoms with van der Waals surface area (Å²) in [6, 6.07) is 8.35. The Morgan fingerprint density at radius 2 is 2.19 bits per heavy atom. The van der Waals surface area contributed by atoms with Gasteiger partial charge in [0.05, 0.1) is 11.1 Å². The Morgan fingerprint density at radius 3 is 2.95 bits per heavy atom. The summed E-state index contributed by atoms with van der Waals surface area (Å²) in [6.45, 7) is 6.39. The minimum absolute atomic E-state index is 0.568. The van der Waals surface area contributed by atoms with E-state index in [1.54, 1.807) is 0 Å². The summed E-state index contributed by atoms with van der Waals surface area (Å²) < 4.78 is 0. The van der Waals surface area contributed by atoms with Crippen molar-refractivity contribution in [1.29, 1.82) is 0 Å². The van der Waals surface area contributed by atoms with E-state index in [1.807, 2.05) is 6.92 Å². The van der Waals surface area contributed by atoms with Crippen LogP contribution in [-0.2, 0) is 6.54 Å². The van der Waals surface area contributed by atoms with Crippen LogP contribution in [0, 0.1) is 6.92 Å². The van der Waals surface area contributed by atoms with Crippen molar-refractivity contribution >= 4 is 22.5 Å². The number of β-amino-alcohol motifs (C(OH)–C–C–N with tert-alkyl or cyclic N) is 1. The molecule has 0 spiro atoms. The SMILES string of the molecule is Cc1ccc2cc(CN3CCCC(C)(O)C3)c(Cl)nc2c1. The van der Waals surface area contributed by atoms with E-state index in [1.165, 1.54) is 5.56 Å². The van der Waals surface area contributed by atoms with Crippen LogP contribution >= 0.6 is 11.6 Å². The summed E-state index contributed by atoms with van der Waals surface area (Å²) in [4.78, 5) is 6.77. The third-order valence-electron chi connectivity index (χ3n) is 4.15. The molecule has 1 aliphatic rings. The van der Waals surface area contributed by atoms with Crippen LogP contribution in [0.1, 0.15) is 30.9 Å². The molecule has 3 nitrogen and oxygen atoms in total. The van der Waals surface area contributed by atoms with Crippen LogP contribution in [0.4, 0.5) is 0 Å². The highest BCUT2D eigenvalue weighted by Gasteiger charge is 2.28. The second-order valence-corrected chi connectivity index (χ2v) is 6.80. The Morgan fingerprint density at radius 1 is 1.38 bits per heavy atom. The summed E-state index contributed by atoms with van der Waals surface area (Å²) in [6.07, 6.45) is 1.89. The van der Waals surface area contributed by atoms with Crippen molar-refractivity contribution in [1.82, 2.24) is 9.88 Å². The van der Waals surface area contributed by atoms with Gasteiger partial charge in [-0.25, -0.2) is 4.98 Å². The van der Waals surface area contributed by atoms with Crippen LogP contribution in [0.2, 0.25) is 5.15 Å². The summed E-state index contributed by atoms with van der Waals surface area (Å²) in [5, 5.41) is 11.9. The number of nitrogens with zero attached hydrogens (tertiary/aromatic N) is 2. The fourth-order valence-corrected chi connectivity index (χ4v) is 3.31. The van der Waals surface area contributed by atoms with Gasteiger partial charge in [0.15, 0.2) is 0 Å². The van der Waals surface area contributed by atoms with Gasteiger partial charge in [-0.1, -0.05) is 23.7 Å². The van der Waals surface area contributed by atoms with Crippen LogP contribution < -0.4 is 0 Å². The van der Waals surface area contributed by atoms with Crippen molar-refractivity contribution in [3.05, 3.63) is 40.5 Å². The van der Waals surface area contributed by atoms with E-state index in [0.717, 1.165) is 42.4 Å². The molecule has 0 saturated carbocycles. The first-order valence-electron chi connectivity index (χ1n) is 7.43. The normalized spacial score (nSPS) is 23.6. The number of benzene rings is 1. The molecule has 1 saturated heterocycles. The monoisotopic (exact) mass is 304 g/mol. The molecule has 21 heavy (non-hydrogen) atoms. The van der Waals surface area contributed by atoms with E-state index >= 15 is 0 Å². The highest BCUT2D eigenvalue weighted by atomic mass is 35.5. The molecule has 1 fully saturated rings. The Kier molecular flexibility index (Phi) is 3.91. The van der Waals surface area contributed by atoms with E-state index in [4.69, 9.17) is 11.6 Å². The fourth-order valence-electron chi connectivity index (χ4n) is 3.11. The minimum atomic E-state index is -0.591. The number of aryl methyl sites for hydroxylation is 1. The highest BCUT2D eigenvalue weighted by Crippen LogP contribution is 2.26. The molecule has 1 N–H and O–H groups in total. The number of hydrogen-bond acceptors (Lipinski definition) is 3. The molecular formula is C17H21ClN2O. The van der Waals surface area contributed by atoms with Gasteiger partial charge >= 0.3 is 0 Å². The fraction of sp³-hybridized carbons (Fsp3) is 0.471. The third-order valence-corrected chi connectivity index (χ3v) is 4.47. The van der Waals surface area contributed by atoms with Crippen molar-refractivity contribution in [3.63, 3.8) is 0 Å². The molecule has 1 aromatic heterocycles. The number of piperidine rings is 1. The molecule has 112 valence electrons. The van der Waals surface area contributed by atoms with Gasteiger partial charge in [0.2, 0.25) is 0 Å². The van der Waals surface area contributed by atoms with Crippen LogP contribution in [-0.4, -0.2) is 33.7 Å². The van der Waals surface area contributed by atoms with E-state index < -0.39 is 5.60 Å². The molecule has 1 atom stereocenters. The van der Waals surface area contributed by atoms with Gasteiger partial charge in [-0.15, -0.1) is 0 Å². The van der Waals surface area contributed by atoms with Gasteiger partial charge in [-0.05, 0) is 50.9 Å². The molecule has 3 rings (SSSR count).